The van der Waals surface area contributed by atoms with E-state index in [1.807, 2.05) is 12.1 Å². The van der Waals surface area contributed by atoms with Gasteiger partial charge in [0.15, 0.2) is 0 Å². The number of aromatic hydroxyl groups is 1. The van der Waals surface area contributed by atoms with E-state index in [1.165, 1.54) is 20.0 Å². The SMILES string of the molecule is CC(=O)CNC(=O)C1Cc2ccc(O)c(c2)-c2cc(cc3cc(CN)oc23)C(N(C)C(=O)CNC(=O)c2ccc(-c3ccc(Cl)cc3)cc2)C(=O)NCC(=O)N1. The Hall–Kier alpha value is -6.51. The molecule has 4 aromatic carbocycles. The number of hydrogen-bond acceptors (Lipinski definition) is 9. The van der Waals surface area contributed by atoms with Crippen LogP contribution in [-0.2, 0) is 36.9 Å². The third-order valence-corrected chi connectivity index (χ3v) is 9.59. The van der Waals surface area contributed by atoms with Gasteiger partial charge in [-0.3, -0.25) is 28.8 Å². The van der Waals surface area contributed by atoms with Gasteiger partial charge in [0.25, 0.3) is 5.91 Å². The Morgan fingerprint density at radius 3 is 2.29 bits per heavy atom. The number of nitrogens with two attached hydrogens (primary N) is 1. The van der Waals surface area contributed by atoms with Crippen molar-refractivity contribution in [2.24, 2.45) is 5.73 Å². The molecule has 2 heterocycles. The minimum absolute atomic E-state index is 0.0240. The quantitative estimate of drug-likeness (QED) is 0.129. The number of fused-ring (bicyclic) bond motifs is 7. The number of nitrogens with zero attached hydrogens (tertiary/aromatic N) is 1. The zero-order valence-electron chi connectivity index (χ0n) is 30.5. The van der Waals surface area contributed by atoms with Crippen molar-refractivity contribution >= 4 is 57.9 Å². The molecule has 5 aromatic rings. The second-order valence-corrected chi connectivity index (χ2v) is 13.8. The molecule has 5 amide bonds. The molecule has 2 unspecified atom stereocenters. The number of carbonyl (C=O) groups is 6. The van der Waals surface area contributed by atoms with Gasteiger partial charge in [0, 0.05) is 40.6 Å². The fourth-order valence-corrected chi connectivity index (χ4v) is 6.56. The normalized spacial score (nSPS) is 15.6. The number of halogens is 1. The van der Waals surface area contributed by atoms with E-state index in [1.54, 1.807) is 66.7 Å². The van der Waals surface area contributed by atoms with Crippen molar-refractivity contribution in [1.82, 2.24) is 26.2 Å². The third-order valence-electron chi connectivity index (χ3n) is 9.34. The first kappa shape index (κ1) is 39.2. The standard InChI is InChI=1S/C41H39ClN6O8/c1-22(49)19-44-40(54)33-14-23-3-12-34(50)31(13-23)32-17-27(15-28-16-30(18-43)56-38(28)32)37(41(55)45-20-35(51)47-33)48(2)36(52)21-46-39(53)26-6-4-24(5-7-26)25-8-10-29(42)11-9-25/h3-13,15-17,33,37,50H,14,18-21,43H2,1-2H3,(H,44,54)(H,45,55)(H,46,53)(H,47,51). The van der Waals surface area contributed by atoms with Crippen LogP contribution in [0.2, 0.25) is 5.02 Å². The van der Waals surface area contributed by atoms with Crippen molar-refractivity contribution in [1.29, 1.82) is 0 Å². The molecule has 7 N–H and O–H groups in total. The Morgan fingerprint density at radius 2 is 1.61 bits per heavy atom. The van der Waals surface area contributed by atoms with E-state index in [0.29, 0.717) is 44.0 Å². The van der Waals surface area contributed by atoms with Gasteiger partial charge >= 0.3 is 0 Å². The molecule has 2 atom stereocenters. The average molecular weight is 779 g/mol. The topological polar surface area (TPSA) is 213 Å². The molecule has 1 aromatic heterocycles. The number of ketones is 1. The molecular formula is C41H39ClN6O8. The van der Waals surface area contributed by atoms with Gasteiger partial charge in [-0.05, 0) is 83.8 Å². The van der Waals surface area contributed by atoms with E-state index in [2.05, 4.69) is 21.3 Å². The molecule has 1 aliphatic heterocycles. The highest BCUT2D eigenvalue weighted by atomic mass is 35.5. The fraction of sp³-hybridized carbons (Fsp3) is 0.220. The van der Waals surface area contributed by atoms with Crippen molar-refractivity contribution in [3.05, 3.63) is 112 Å². The molecule has 56 heavy (non-hydrogen) atoms. The average Bonchev–Trinajstić information content (AvgIpc) is 3.62. The lowest BCUT2D eigenvalue weighted by Crippen LogP contribution is -2.52. The fourth-order valence-electron chi connectivity index (χ4n) is 6.44. The highest BCUT2D eigenvalue weighted by Crippen LogP contribution is 2.40. The molecule has 14 nitrogen and oxygen atoms in total. The first-order chi connectivity index (χ1) is 26.8. The monoisotopic (exact) mass is 778 g/mol. The maximum atomic E-state index is 14.1. The summed E-state index contributed by atoms with van der Waals surface area (Å²) in [4.78, 5) is 80.0. The van der Waals surface area contributed by atoms with Gasteiger partial charge in [0.2, 0.25) is 23.6 Å². The van der Waals surface area contributed by atoms with Gasteiger partial charge in [-0.25, -0.2) is 0 Å². The predicted octanol–water partition coefficient (Wildman–Crippen LogP) is 3.38. The molecule has 0 radical (unpaired) electrons. The highest BCUT2D eigenvalue weighted by molar-refractivity contribution is 6.30. The van der Waals surface area contributed by atoms with Crippen LogP contribution < -0.4 is 27.0 Å². The van der Waals surface area contributed by atoms with Crippen molar-refractivity contribution in [3.63, 3.8) is 0 Å². The van der Waals surface area contributed by atoms with Gasteiger partial charge < -0.3 is 41.4 Å². The highest BCUT2D eigenvalue weighted by Gasteiger charge is 2.32. The molecule has 0 saturated carbocycles. The minimum Gasteiger partial charge on any atom is -0.507 e. The molecule has 1 aliphatic rings. The number of Topliss-reactive ketones (excluding diaryl/α,β-unsaturated/α-hetero) is 1. The summed E-state index contributed by atoms with van der Waals surface area (Å²) >= 11 is 6.00. The van der Waals surface area contributed by atoms with Crippen molar-refractivity contribution < 1.29 is 38.3 Å². The summed E-state index contributed by atoms with van der Waals surface area (Å²) in [6, 6.07) is 21.1. The summed E-state index contributed by atoms with van der Waals surface area (Å²) in [5, 5.41) is 22.6. The Labute approximate surface area is 326 Å². The maximum absolute atomic E-state index is 14.1. The van der Waals surface area contributed by atoms with Crippen LogP contribution in [0, 0.1) is 0 Å². The van der Waals surface area contributed by atoms with Gasteiger partial charge in [0.05, 0.1) is 26.2 Å². The van der Waals surface area contributed by atoms with Crippen LogP contribution in [-0.4, -0.2) is 78.0 Å². The largest absolute Gasteiger partial charge is 0.507 e. The summed E-state index contributed by atoms with van der Waals surface area (Å²) in [6.45, 7) is 0.0643. The number of furan rings is 1. The smallest absolute Gasteiger partial charge is 0.251 e. The van der Waals surface area contributed by atoms with E-state index >= 15 is 0 Å². The third kappa shape index (κ3) is 8.88. The van der Waals surface area contributed by atoms with Crippen LogP contribution in [0.15, 0.2) is 89.3 Å². The van der Waals surface area contributed by atoms with Crippen LogP contribution in [0.3, 0.4) is 0 Å². The molecule has 0 spiro atoms. The second kappa shape index (κ2) is 16.9. The van der Waals surface area contributed by atoms with Gasteiger partial charge in [-0.15, -0.1) is 0 Å². The number of nitrogens with one attached hydrogen (secondary N) is 4. The number of phenols is 1. The first-order valence-corrected chi connectivity index (χ1v) is 18.0. The van der Waals surface area contributed by atoms with Gasteiger partial charge in [-0.1, -0.05) is 41.9 Å². The van der Waals surface area contributed by atoms with E-state index < -0.39 is 54.7 Å². The van der Waals surface area contributed by atoms with E-state index in [9.17, 15) is 33.9 Å². The predicted molar refractivity (Wildman–Crippen MR) is 208 cm³/mol. The lowest BCUT2D eigenvalue weighted by Gasteiger charge is -2.29. The van der Waals surface area contributed by atoms with Gasteiger partial charge in [-0.2, -0.15) is 0 Å². The first-order valence-electron chi connectivity index (χ1n) is 17.6. The van der Waals surface area contributed by atoms with Crippen LogP contribution in [0.1, 0.15) is 40.2 Å². The minimum atomic E-state index is -1.35. The number of likely N-dealkylation sites (N-methyl/N-ethyl adjacent to an activating group) is 1. The Morgan fingerprint density at radius 1 is 0.911 bits per heavy atom. The van der Waals surface area contributed by atoms with Crippen molar-refractivity contribution in [3.8, 4) is 28.0 Å². The van der Waals surface area contributed by atoms with Crippen molar-refractivity contribution in [2.75, 3.05) is 26.7 Å². The van der Waals surface area contributed by atoms with Crippen LogP contribution >= 0.6 is 11.6 Å². The molecule has 0 saturated heterocycles. The zero-order chi connectivity index (χ0) is 40.1. The maximum Gasteiger partial charge on any atom is 0.251 e. The summed E-state index contributed by atoms with van der Waals surface area (Å²) in [5.74, 6) is -3.28. The summed E-state index contributed by atoms with van der Waals surface area (Å²) in [7, 11) is 1.39. The van der Waals surface area contributed by atoms with E-state index in [0.717, 1.165) is 16.0 Å². The molecule has 4 bridgehead atoms. The number of carbonyl (C=O) groups excluding carboxylic acids is 6. The number of phenolic OH excluding ortho intramolecular Hbond substituents is 1. The van der Waals surface area contributed by atoms with Crippen LogP contribution in [0.4, 0.5) is 0 Å². The molecule has 288 valence electrons. The van der Waals surface area contributed by atoms with Crippen molar-refractivity contribution in [2.45, 2.75) is 32.0 Å². The Bertz CT molecular complexity index is 2340. The van der Waals surface area contributed by atoms with E-state index in [4.69, 9.17) is 21.8 Å². The molecule has 0 aliphatic carbocycles. The lowest BCUT2D eigenvalue weighted by molar-refractivity contribution is -0.139. The molecular weight excluding hydrogens is 740 g/mol. The summed E-state index contributed by atoms with van der Waals surface area (Å²) in [5.41, 5.74) is 9.84. The number of amides is 5. The summed E-state index contributed by atoms with van der Waals surface area (Å²) < 4.78 is 6.07. The lowest BCUT2D eigenvalue weighted by atomic mass is 9.93. The second-order valence-electron chi connectivity index (χ2n) is 13.4. The number of hydrogen-bond donors (Lipinski definition) is 6. The number of rotatable bonds is 9. The summed E-state index contributed by atoms with van der Waals surface area (Å²) in [6.07, 6.45) is -0.0240. The Kier molecular flexibility index (Phi) is 11.8. The molecule has 6 rings (SSSR count). The zero-order valence-corrected chi connectivity index (χ0v) is 31.2. The van der Waals surface area contributed by atoms with Crippen LogP contribution in [0.25, 0.3) is 33.2 Å². The molecule has 15 heteroatoms. The molecule has 0 fully saturated rings. The Balaban J connectivity index is 1.32. The van der Waals surface area contributed by atoms with E-state index in [-0.39, 0.29) is 36.6 Å². The van der Waals surface area contributed by atoms with Crippen LogP contribution in [0.5, 0.6) is 5.75 Å². The number of benzene rings is 4. The van der Waals surface area contributed by atoms with Gasteiger partial charge in [0.1, 0.15) is 35.0 Å².